The van der Waals surface area contributed by atoms with Crippen LogP contribution in [0.2, 0.25) is 0 Å². The summed E-state index contributed by atoms with van der Waals surface area (Å²) in [7, 11) is 0. The molecule has 1 fully saturated rings. The highest BCUT2D eigenvalue weighted by Gasteiger charge is 2.27. The van der Waals surface area contributed by atoms with E-state index in [1.165, 1.54) is 0 Å². The second-order valence-corrected chi connectivity index (χ2v) is 4.40. The molecule has 6 heteroatoms. The van der Waals surface area contributed by atoms with Crippen LogP contribution in [0.5, 0.6) is 0 Å². The Bertz CT molecular complexity index is 1430. The van der Waals surface area contributed by atoms with Crippen molar-refractivity contribution < 1.29 is 20.6 Å². The number of nitriles is 1. The van der Waals surface area contributed by atoms with Crippen molar-refractivity contribution in [1.82, 2.24) is 24.7 Å². The third kappa shape index (κ3) is 2.48. The van der Waals surface area contributed by atoms with Crippen LogP contribution in [0.4, 0.5) is 0 Å². The van der Waals surface area contributed by atoms with Crippen LogP contribution in [0.25, 0.3) is 22.6 Å². The van der Waals surface area contributed by atoms with Crippen LogP contribution in [0.3, 0.4) is 0 Å². The van der Waals surface area contributed by atoms with Gasteiger partial charge in [0.2, 0.25) is 0 Å². The number of H-pyrrole nitrogens is 1. The van der Waals surface area contributed by atoms with Gasteiger partial charge in [0.1, 0.15) is 1.37 Å². The molecule has 0 unspecified atom stereocenters. The molecule has 1 atom stereocenters. The molecule has 6 nitrogen and oxygen atoms in total. The minimum Gasteiger partial charge on any atom is -0.345 e. The smallest absolute Gasteiger partial charge is 0.162 e. The Kier molecular flexibility index (Phi) is 1.31. The number of aromatic amines is 1. The second-order valence-electron chi connectivity index (χ2n) is 4.40. The molecule has 0 aromatic carbocycles. The summed E-state index contributed by atoms with van der Waals surface area (Å²) in [6.45, 7) is 0. The molecule has 0 spiro atoms. The normalized spacial score (nSPS) is 38.3. The summed E-state index contributed by atoms with van der Waals surface area (Å²) in [5.41, 5.74) is -0.348. The minimum atomic E-state index is -3.98. The van der Waals surface area contributed by atoms with Crippen molar-refractivity contribution in [2.24, 2.45) is 5.89 Å². The zero-order chi connectivity index (χ0) is 29.1. The monoisotopic (exact) mass is 321 g/mol. The Balaban J connectivity index is 2.06. The van der Waals surface area contributed by atoms with Crippen LogP contribution in [0.1, 0.15) is 58.4 Å². The van der Waals surface area contributed by atoms with E-state index in [9.17, 15) is 5.26 Å². The number of hydrogen-bond acceptors (Lipinski definition) is 4. The van der Waals surface area contributed by atoms with E-state index in [0.29, 0.717) is 0 Å². The highest BCUT2D eigenvalue weighted by atomic mass is 15.3. The van der Waals surface area contributed by atoms with Gasteiger partial charge in [-0.25, -0.2) is 9.97 Å². The molecule has 4 rings (SSSR count). The summed E-state index contributed by atoms with van der Waals surface area (Å²) in [6.07, 6.45) is -18.3. The molecule has 0 radical (unpaired) electrons. The number of rotatable bonds is 4. The van der Waals surface area contributed by atoms with Gasteiger partial charge in [-0.1, -0.05) is 12.7 Å². The van der Waals surface area contributed by atoms with E-state index in [-0.39, 0.29) is 27.3 Å². The first-order chi connectivity index (χ1) is 17.1. The third-order valence-corrected chi connectivity index (χ3v) is 3.11. The lowest BCUT2D eigenvalue weighted by molar-refractivity contribution is 0.315. The summed E-state index contributed by atoms with van der Waals surface area (Å²) in [5.74, 6) is -4.16. The van der Waals surface area contributed by atoms with E-state index in [4.69, 9.17) is 20.6 Å². The number of aromatic nitrogens is 5. The lowest BCUT2D eigenvalue weighted by atomic mass is 9.96. The fraction of sp³-hybridized carbons (Fsp3) is 0.412. The summed E-state index contributed by atoms with van der Waals surface area (Å²) in [4.78, 5) is 10.0. The number of hydrogen-bond donors (Lipinski definition) is 1. The van der Waals surface area contributed by atoms with Crippen LogP contribution in [0.15, 0.2) is 30.9 Å². The van der Waals surface area contributed by atoms with Crippen LogP contribution in [-0.4, -0.2) is 24.7 Å². The van der Waals surface area contributed by atoms with E-state index in [2.05, 4.69) is 20.1 Å². The Hall–Kier alpha value is -2.68. The molecule has 3 aliphatic rings. The van der Waals surface area contributed by atoms with Crippen LogP contribution < -0.4 is 0 Å². The molecule has 2 aliphatic heterocycles. The Morgan fingerprint density at radius 2 is 2.48 bits per heavy atom. The molecule has 1 aliphatic carbocycles. The Labute approximate surface area is 155 Å². The summed E-state index contributed by atoms with van der Waals surface area (Å²) in [5, 5.41) is 13.4. The third-order valence-electron chi connectivity index (χ3n) is 3.11. The fourth-order valence-corrected chi connectivity index (χ4v) is 2.12. The summed E-state index contributed by atoms with van der Waals surface area (Å²) in [6, 6.07) is -3.09. The van der Waals surface area contributed by atoms with Gasteiger partial charge in [0.15, 0.2) is 5.82 Å². The van der Waals surface area contributed by atoms with Crippen molar-refractivity contribution in [3.8, 4) is 28.7 Å². The molecular weight excluding hydrogens is 288 g/mol. The van der Waals surface area contributed by atoms with E-state index in [0.717, 1.165) is 18.5 Å². The van der Waals surface area contributed by atoms with Crippen molar-refractivity contribution in [3.05, 3.63) is 30.9 Å². The van der Waals surface area contributed by atoms with E-state index in [1.54, 1.807) is 0 Å². The number of nitrogens with zero attached hydrogens (tertiary/aromatic N) is 5. The SMILES string of the molecule is [2H]c1nc2nc([2H])c([2H])c-2c(-c2cnn([C@@]([2H])(C([2H])([2H])C#N)C3([2H])C([2H])([2H])C([2H])([2H])C([2H])([2H])C3([2H])[2H])c2)[nH]1. The van der Waals surface area contributed by atoms with Gasteiger partial charge in [0.25, 0.3) is 0 Å². The van der Waals surface area contributed by atoms with Gasteiger partial charge in [-0.05, 0) is 24.7 Å². The average Bonchev–Trinajstić information content (AvgIpc) is 3.42. The topological polar surface area (TPSA) is 83.2 Å². The van der Waals surface area contributed by atoms with Gasteiger partial charge >= 0.3 is 0 Å². The highest BCUT2D eigenvalue weighted by molar-refractivity contribution is 5.77. The maximum absolute atomic E-state index is 9.61. The van der Waals surface area contributed by atoms with Crippen molar-refractivity contribution in [2.45, 2.75) is 37.9 Å². The van der Waals surface area contributed by atoms with Crippen molar-refractivity contribution in [1.29, 1.82) is 5.26 Å². The largest absolute Gasteiger partial charge is 0.345 e. The predicted octanol–water partition coefficient (Wildman–Crippen LogP) is 3.42. The zero-order valence-corrected chi connectivity index (χ0v) is 11.4. The molecule has 23 heavy (non-hydrogen) atoms. The first-order valence-electron chi connectivity index (χ1n) is 13.9. The number of nitrogens with one attached hydrogen (secondary N) is 1. The van der Waals surface area contributed by atoms with Gasteiger partial charge in [-0.2, -0.15) is 10.4 Å². The quantitative estimate of drug-likeness (QED) is 0.798. The molecule has 0 saturated heterocycles. The van der Waals surface area contributed by atoms with Crippen LogP contribution >= 0.6 is 0 Å². The number of fused-ring (bicyclic) bond motifs is 1. The molecule has 1 saturated carbocycles. The van der Waals surface area contributed by atoms with Crippen molar-refractivity contribution in [3.63, 3.8) is 0 Å². The Morgan fingerprint density at radius 1 is 1.61 bits per heavy atom. The van der Waals surface area contributed by atoms with E-state index >= 15 is 0 Å². The summed E-state index contributed by atoms with van der Waals surface area (Å²) < 4.78 is 124. The highest BCUT2D eigenvalue weighted by Crippen LogP contribution is 2.37. The summed E-state index contributed by atoms with van der Waals surface area (Å²) >= 11 is 0. The van der Waals surface area contributed by atoms with Gasteiger partial charge in [-0.3, -0.25) is 4.68 Å². The first-order valence-corrected chi connectivity index (χ1v) is 6.39. The lowest BCUT2D eigenvalue weighted by Gasteiger charge is -2.21. The predicted molar refractivity (Wildman–Crippen MR) is 85.5 cm³/mol. The lowest BCUT2D eigenvalue weighted by Crippen LogP contribution is -2.17. The van der Waals surface area contributed by atoms with E-state index in [1.807, 2.05) is 0 Å². The fourth-order valence-electron chi connectivity index (χ4n) is 2.12. The second kappa shape index (κ2) is 5.84. The van der Waals surface area contributed by atoms with Gasteiger partial charge in [0.05, 0.1) is 40.8 Å². The van der Waals surface area contributed by atoms with Gasteiger partial charge in [-0.15, -0.1) is 0 Å². The maximum Gasteiger partial charge on any atom is 0.162 e. The molecule has 1 aromatic rings. The van der Waals surface area contributed by atoms with Crippen LogP contribution in [0, 0.1) is 17.2 Å². The molecule has 3 heterocycles. The minimum absolute atomic E-state index is 0.0794. The van der Waals surface area contributed by atoms with Crippen molar-refractivity contribution >= 4 is 0 Å². The molecule has 0 amide bonds. The molecule has 0 bridgehead atoms. The zero-order valence-electron chi connectivity index (χ0n) is 26.4. The first kappa shape index (κ1) is 5.17. The van der Waals surface area contributed by atoms with Gasteiger partial charge < -0.3 is 4.98 Å². The van der Waals surface area contributed by atoms with Crippen molar-refractivity contribution in [2.75, 3.05) is 0 Å². The Morgan fingerprint density at radius 3 is 3.30 bits per heavy atom. The van der Waals surface area contributed by atoms with E-state index < -0.39 is 62.3 Å². The molecular formula is C17H18N6. The van der Waals surface area contributed by atoms with Crippen LogP contribution in [-0.2, 0) is 0 Å². The molecule has 1 N–H and O–H groups in total. The van der Waals surface area contributed by atoms with Gasteiger partial charge in [0, 0.05) is 38.6 Å². The average molecular weight is 321 g/mol. The molecule has 1 aromatic heterocycles. The standard InChI is InChI=1S/C17H18N6/c18-7-5-15(12-3-1-2-4-12)23-10-13(9-22-23)16-14-6-8-19-17(14)21-11-20-16/h6,8-12,15H,1-5H2,(H,19,20,21)/t15-/m0/s1/i1D2,2D2,3D2,4D2,5D2,6D,8D,11D,12D,15D. The molecule has 116 valence electrons. The maximum atomic E-state index is 9.61.